The van der Waals surface area contributed by atoms with Crippen LogP contribution in [0.25, 0.3) is 10.9 Å². The maximum atomic E-state index is 12.8. The molecular weight excluding hydrogens is 276 g/mol. The van der Waals surface area contributed by atoms with Crippen molar-refractivity contribution in [3.8, 4) is 0 Å². The Hall–Kier alpha value is -2.59. The zero-order chi connectivity index (χ0) is 15.5. The lowest BCUT2D eigenvalue weighted by atomic mass is 9.85. The third-order valence-corrected chi connectivity index (χ3v) is 4.52. The Kier molecular flexibility index (Phi) is 2.51. The van der Waals surface area contributed by atoms with Gasteiger partial charge in [0.1, 0.15) is 0 Å². The molecule has 1 aliphatic heterocycles. The van der Waals surface area contributed by atoms with Gasteiger partial charge in [0, 0.05) is 34.8 Å². The van der Waals surface area contributed by atoms with Crippen LogP contribution in [0.2, 0.25) is 0 Å². The number of carbonyl (C=O) groups is 1. The van der Waals surface area contributed by atoms with E-state index in [1.165, 1.54) is 4.90 Å². The summed E-state index contributed by atoms with van der Waals surface area (Å²) in [5, 5.41) is 12.3. The SMILES string of the molecule is Cc1[nH]c2ccccc2c1[C@@]1(O)C(=O)N(C)c2ccccc21. The largest absolute Gasteiger partial charge is 0.372 e. The molecule has 4 nitrogen and oxygen atoms in total. The lowest BCUT2D eigenvalue weighted by Gasteiger charge is -2.23. The molecule has 2 N–H and O–H groups in total. The summed E-state index contributed by atoms with van der Waals surface area (Å²) < 4.78 is 0. The minimum atomic E-state index is -1.64. The van der Waals surface area contributed by atoms with Gasteiger partial charge in [-0.05, 0) is 19.1 Å². The third-order valence-electron chi connectivity index (χ3n) is 4.52. The molecule has 0 aliphatic carbocycles. The normalized spacial score (nSPS) is 20.7. The van der Waals surface area contributed by atoms with Crippen LogP contribution in [-0.2, 0) is 10.4 Å². The van der Waals surface area contributed by atoms with Crippen molar-refractivity contribution in [3.05, 3.63) is 65.4 Å². The van der Waals surface area contributed by atoms with Crippen LogP contribution in [0, 0.1) is 6.92 Å². The molecule has 0 saturated carbocycles. The number of anilines is 1. The number of fused-ring (bicyclic) bond motifs is 2. The van der Waals surface area contributed by atoms with Crippen molar-refractivity contribution in [2.24, 2.45) is 0 Å². The molecule has 4 heteroatoms. The number of likely N-dealkylation sites (N-methyl/N-ethyl adjacent to an activating group) is 1. The Morgan fingerprint density at radius 2 is 1.77 bits per heavy atom. The third kappa shape index (κ3) is 1.42. The van der Waals surface area contributed by atoms with Gasteiger partial charge in [0.05, 0.1) is 5.69 Å². The Morgan fingerprint density at radius 1 is 1.09 bits per heavy atom. The van der Waals surface area contributed by atoms with Gasteiger partial charge >= 0.3 is 0 Å². The zero-order valence-electron chi connectivity index (χ0n) is 12.4. The number of hydrogen-bond donors (Lipinski definition) is 2. The number of amides is 1. The van der Waals surface area contributed by atoms with Crippen molar-refractivity contribution < 1.29 is 9.90 Å². The molecule has 0 saturated heterocycles. The first-order chi connectivity index (χ1) is 10.5. The minimum Gasteiger partial charge on any atom is -0.372 e. The number of nitrogens with one attached hydrogen (secondary N) is 1. The second kappa shape index (κ2) is 4.21. The standard InChI is InChI=1S/C18H16N2O2/c1-11-16(12-7-3-5-9-14(12)19-11)18(22)13-8-4-6-10-15(13)20(2)17(18)21/h3-10,19,22H,1-2H3/t18-/m1/s1. The van der Waals surface area contributed by atoms with E-state index in [4.69, 9.17) is 0 Å². The van der Waals surface area contributed by atoms with Crippen molar-refractivity contribution >= 4 is 22.5 Å². The van der Waals surface area contributed by atoms with Gasteiger partial charge in [-0.2, -0.15) is 0 Å². The number of hydrogen-bond acceptors (Lipinski definition) is 2. The number of para-hydroxylation sites is 2. The summed E-state index contributed by atoms with van der Waals surface area (Å²) >= 11 is 0. The fraction of sp³-hybridized carbons (Fsp3) is 0.167. The van der Waals surface area contributed by atoms with E-state index in [1.807, 2.05) is 55.5 Å². The molecule has 0 radical (unpaired) electrons. The summed E-state index contributed by atoms with van der Waals surface area (Å²) in [4.78, 5) is 17.6. The van der Waals surface area contributed by atoms with Gasteiger partial charge in [-0.3, -0.25) is 4.79 Å². The van der Waals surface area contributed by atoms with Crippen LogP contribution < -0.4 is 4.90 Å². The quantitative estimate of drug-likeness (QED) is 0.724. The first-order valence-electron chi connectivity index (χ1n) is 7.23. The van der Waals surface area contributed by atoms with E-state index in [0.29, 0.717) is 11.1 Å². The second-order valence-corrected chi connectivity index (χ2v) is 5.76. The summed E-state index contributed by atoms with van der Waals surface area (Å²) in [5.74, 6) is -0.318. The lowest BCUT2D eigenvalue weighted by molar-refractivity contribution is -0.131. The van der Waals surface area contributed by atoms with Crippen LogP contribution in [0.15, 0.2) is 48.5 Å². The zero-order valence-corrected chi connectivity index (χ0v) is 12.4. The average molecular weight is 292 g/mol. The first-order valence-corrected chi connectivity index (χ1v) is 7.23. The first kappa shape index (κ1) is 13.1. The Labute approximate surface area is 128 Å². The topological polar surface area (TPSA) is 56.3 Å². The van der Waals surface area contributed by atoms with Crippen molar-refractivity contribution in [1.82, 2.24) is 4.98 Å². The Bertz CT molecular complexity index is 912. The van der Waals surface area contributed by atoms with Crippen LogP contribution in [-0.4, -0.2) is 23.0 Å². The maximum Gasteiger partial charge on any atom is 0.268 e. The number of aryl methyl sites for hydroxylation is 1. The fourth-order valence-electron chi connectivity index (χ4n) is 3.52. The van der Waals surface area contributed by atoms with E-state index in [1.54, 1.807) is 7.05 Å². The number of rotatable bonds is 1. The number of carbonyl (C=O) groups excluding carboxylic acids is 1. The number of aliphatic hydroxyl groups is 1. The molecule has 0 unspecified atom stereocenters. The van der Waals surface area contributed by atoms with Crippen LogP contribution >= 0.6 is 0 Å². The summed E-state index contributed by atoms with van der Waals surface area (Å²) in [7, 11) is 1.70. The minimum absolute atomic E-state index is 0.318. The molecular formula is C18H16N2O2. The Morgan fingerprint density at radius 3 is 2.59 bits per heavy atom. The number of nitrogens with zero attached hydrogens (tertiary/aromatic N) is 1. The van der Waals surface area contributed by atoms with Gasteiger partial charge in [0.15, 0.2) is 5.60 Å². The highest BCUT2D eigenvalue weighted by atomic mass is 16.3. The average Bonchev–Trinajstić information content (AvgIpc) is 2.97. The molecule has 0 spiro atoms. The van der Waals surface area contributed by atoms with E-state index in [0.717, 1.165) is 22.3 Å². The van der Waals surface area contributed by atoms with Gasteiger partial charge < -0.3 is 15.0 Å². The van der Waals surface area contributed by atoms with Crippen LogP contribution in [0.3, 0.4) is 0 Å². The number of H-pyrrole nitrogens is 1. The van der Waals surface area contributed by atoms with Crippen molar-refractivity contribution in [2.45, 2.75) is 12.5 Å². The number of aromatic amines is 1. The highest BCUT2D eigenvalue weighted by Gasteiger charge is 2.51. The van der Waals surface area contributed by atoms with Crippen LogP contribution in [0.1, 0.15) is 16.8 Å². The summed E-state index contributed by atoms with van der Waals surface area (Å²) in [6.45, 7) is 1.89. The Balaban J connectivity index is 2.10. The number of benzene rings is 2. The summed E-state index contributed by atoms with van der Waals surface area (Å²) in [6.07, 6.45) is 0. The molecule has 0 bridgehead atoms. The molecule has 2 aromatic carbocycles. The molecule has 4 rings (SSSR count). The molecule has 1 aliphatic rings. The molecule has 110 valence electrons. The lowest BCUT2D eigenvalue weighted by Crippen LogP contribution is -2.39. The molecule has 3 aromatic rings. The van der Waals surface area contributed by atoms with Crippen molar-refractivity contribution in [2.75, 3.05) is 11.9 Å². The molecule has 2 heterocycles. The number of aromatic nitrogens is 1. The van der Waals surface area contributed by atoms with E-state index >= 15 is 0 Å². The second-order valence-electron chi connectivity index (χ2n) is 5.76. The van der Waals surface area contributed by atoms with E-state index in [2.05, 4.69) is 4.98 Å². The molecule has 1 atom stereocenters. The predicted octanol–water partition coefficient (Wildman–Crippen LogP) is 2.69. The highest BCUT2D eigenvalue weighted by Crippen LogP contribution is 2.46. The van der Waals surface area contributed by atoms with Gasteiger partial charge in [-0.15, -0.1) is 0 Å². The molecule has 0 fully saturated rings. The summed E-state index contributed by atoms with van der Waals surface area (Å²) in [6, 6.07) is 15.1. The fourth-order valence-corrected chi connectivity index (χ4v) is 3.52. The van der Waals surface area contributed by atoms with Gasteiger partial charge in [0.2, 0.25) is 0 Å². The van der Waals surface area contributed by atoms with E-state index < -0.39 is 5.60 Å². The van der Waals surface area contributed by atoms with E-state index in [-0.39, 0.29) is 5.91 Å². The molecule has 1 amide bonds. The molecule has 22 heavy (non-hydrogen) atoms. The van der Waals surface area contributed by atoms with Gasteiger partial charge in [-0.1, -0.05) is 36.4 Å². The van der Waals surface area contributed by atoms with Crippen LogP contribution in [0.4, 0.5) is 5.69 Å². The van der Waals surface area contributed by atoms with Crippen molar-refractivity contribution in [3.63, 3.8) is 0 Å². The molecule has 1 aromatic heterocycles. The smallest absolute Gasteiger partial charge is 0.268 e. The van der Waals surface area contributed by atoms with Crippen LogP contribution in [0.5, 0.6) is 0 Å². The van der Waals surface area contributed by atoms with Gasteiger partial charge in [0.25, 0.3) is 5.91 Å². The van der Waals surface area contributed by atoms with E-state index in [9.17, 15) is 9.90 Å². The monoisotopic (exact) mass is 292 g/mol. The highest BCUT2D eigenvalue weighted by molar-refractivity contribution is 6.11. The maximum absolute atomic E-state index is 12.8. The summed E-state index contributed by atoms with van der Waals surface area (Å²) in [5.41, 5.74) is 2.11. The van der Waals surface area contributed by atoms with Crippen molar-refractivity contribution in [1.29, 1.82) is 0 Å². The van der Waals surface area contributed by atoms with Gasteiger partial charge in [-0.25, -0.2) is 0 Å². The predicted molar refractivity (Wildman–Crippen MR) is 85.9 cm³/mol.